The van der Waals surface area contributed by atoms with Crippen molar-refractivity contribution in [2.75, 3.05) is 17.4 Å². The maximum absolute atomic E-state index is 14.0. The van der Waals surface area contributed by atoms with Crippen LogP contribution in [0.25, 0.3) is 0 Å². The molecule has 0 spiro atoms. The van der Waals surface area contributed by atoms with Gasteiger partial charge in [0.05, 0.1) is 18.5 Å². The predicted octanol–water partition coefficient (Wildman–Crippen LogP) is 3.45. The molecule has 0 unspecified atom stereocenters. The Labute approximate surface area is 185 Å². The second-order valence-corrected chi connectivity index (χ2v) is 9.19. The van der Waals surface area contributed by atoms with Gasteiger partial charge in [0.2, 0.25) is 16.8 Å². The minimum absolute atomic E-state index is 0.152. The summed E-state index contributed by atoms with van der Waals surface area (Å²) in [5.41, 5.74) is 1.81. The fourth-order valence-corrected chi connectivity index (χ4v) is 4.17. The number of nitrogens with zero attached hydrogens (tertiary/aromatic N) is 1. The molecular weight excluding hydrogens is 435 g/mol. The largest absolute Gasteiger partial charge is 0.454 e. The molecule has 0 bridgehead atoms. The van der Waals surface area contributed by atoms with Crippen LogP contribution in [0.1, 0.15) is 21.5 Å². The molecule has 0 saturated heterocycles. The summed E-state index contributed by atoms with van der Waals surface area (Å²) in [7, 11) is -3.67. The second kappa shape index (κ2) is 8.88. The van der Waals surface area contributed by atoms with Gasteiger partial charge in [-0.1, -0.05) is 24.3 Å². The molecule has 3 aromatic rings. The second-order valence-electron chi connectivity index (χ2n) is 7.28. The van der Waals surface area contributed by atoms with Gasteiger partial charge in [0.1, 0.15) is 5.82 Å². The molecule has 166 valence electrons. The standard InChI is InChI=1S/C23H21FN2O5S/c1-32(28,29)26(14-18-4-2-3-5-20(18)24)19-9-7-17(8-10-19)23(27)25-13-16-6-11-21-22(12-16)31-15-30-21/h2-12H,13-15H2,1H3,(H,25,27). The number of benzene rings is 3. The number of carbonyl (C=O) groups excluding carboxylic acids is 1. The number of amides is 1. The summed E-state index contributed by atoms with van der Waals surface area (Å²) in [5, 5.41) is 2.82. The van der Waals surface area contributed by atoms with E-state index in [1.54, 1.807) is 24.3 Å². The van der Waals surface area contributed by atoms with Crippen LogP contribution >= 0.6 is 0 Å². The van der Waals surface area contributed by atoms with Crippen LogP contribution in [-0.4, -0.2) is 27.4 Å². The number of carbonyl (C=O) groups is 1. The van der Waals surface area contributed by atoms with Gasteiger partial charge in [0.15, 0.2) is 11.5 Å². The minimum Gasteiger partial charge on any atom is -0.454 e. The SMILES string of the molecule is CS(=O)(=O)N(Cc1ccccc1F)c1ccc(C(=O)NCc2ccc3c(c2)OCO3)cc1. The van der Waals surface area contributed by atoms with Crippen molar-refractivity contribution in [3.05, 3.63) is 89.2 Å². The summed E-state index contributed by atoms with van der Waals surface area (Å²) in [6.07, 6.45) is 1.06. The predicted molar refractivity (Wildman–Crippen MR) is 118 cm³/mol. The van der Waals surface area contributed by atoms with E-state index >= 15 is 0 Å². The van der Waals surface area contributed by atoms with Gasteiger partial charge in [0.25, 0.3) is 5.91 Å². The third kappa shape index (κ3) is 4.83. The Morgan fingerprint density at radius 2 is 1.75 bits per heavy atom. The molecule has 32 heavy (non-hydrogen) atoms. The number of fused-ring (bicyclic) bond motifs is 1. The number of anilines is 1. The van der Waals surface area contributed by atoms with Crippen molar-refractivity contribution >= 4 is 21.6 Å². The summed E-state index contributed by atoms with van der Waals surface area (Å²) < 4.78 is 50.4. The fourth-order valence-electron chi connectivity index (χ4n) is 3.30. The van der Waals surface area contributed by atoms with Crippen molar-refractivity contribution in [3.8, 4) is 11.5 Å². The van der Waals surface area contributed by atoms with Gasteiger partial charge in [-0.25, -0.2) is 12.8 Å². The molecule has 0 aliphatic carbocycles. The zero-order valence-corrected chi connectivity index (χ0v) is 18.1. The number of ether oxygens (including phenoxy) is 2. The Kier molecular flexibility index (Phi) is 6.00. The average molecular weight is 456 g/mol. The highest BCUT2D eigenvalue weighted by Gasteiger charge is 2.20. The molecule has 0 saturated carbocycles. The molecule has 1 aliphatic heterocycles. The van der Waals surface area contributed by atoms with Gasteiger partial charge in [-0.15, -0.1) is 0 Å². The van der Waals surface area contributed by atoms with E-state index in [1.165, 1.54) is 36.4 Å². The summed E-state index contributed by atoms with van der Waals surface area (Å²) >= 11 is 0. The lowest BCUT2D eigenvalue weighted by molar-refractivity contribution is 0.0951. The maximum Gasteiger partial charge on any atom is 0.251 e. The molecule has 7 nitrogen and oxygen atoms in total. The normalized spacial score (nSPS) is 12.4. The zero-order chi connectivity index (χ0) is 22.7. The van der Waals surface area contributed by atoms with Crippen LogP contribution in [-0.2, 0) is 23.1 Å². The van der Waals surface area contributed by atoms with E-state index in [1.807, 2.05) is 6.07 Å². The topological polar surface area (TPSA) is 84.9 Å². The van der Waals surface area contributed by atoms with E-state index in [-0.39, 0.29) is 24.8 Å². The lowest BCUT2D eigenvalue weighted by Gasteiger charge is -2.23. The summed E-state index contributed by atoms with van der Waals surface area (Å²) in [6.45, 7) is 0.319. The van der Waals surface area contributed by atoms with E-state index in [9.17, 15) is 17.6 Å². The van der Waals surface area contributed by atoms with E-state index in [4.69, 9.17) is 9.47 Å². The number of sulfonamides is 1. The number of nitrogens with one attached hydrogen (secondary N) is 1. The Morgan fingerprint density at radius 3 is 2.47 bits per heavy atom. The van der Waals surface area contributed by atoms with Gasteiger partial charge in [-0.3, -0.25) is 9.10 Å². The van der Waals surface area contributed by atoms with Gasteiger partial charge in [-0.05, 0) is 48.0 Å². The van der Waals surface area contributed by atoms with E-state index in [2.05, 4.69) is 5.32 Å². The average Bonchev–Trinajstić information content (AvgIpc) is 3.24. The molecule has 1 N–H and O–H groups in total. The van der Waals surface area contributed by atoms with Crippen LogP contribution in [0.5, 0.6) is 11.5 Å². The van der Waals surface area contributed by atoms with E-state index in [0.29, 0.717) is 29.3 Å². The van der Waals surface area contributed by atoms with Crippen molar-refractivity contribution in [3.63, 3.8) is 0 Å². The highest BCUT2D eigenvalue weighted by molar-refractivity contribution is 7.92. The first-order valence-electron chi connectivity index (χ1n) is 9.79. The smallest absolute Gasteiger partial charge is 0.251 e. The van der Waals surface area contributed by atoms with Crippen LogP contribution in [0.15, 0.2) is 66.7 Å². The lowest BCUT2D eigenvalue weighted by atomic mass is 10.1. The minimum atomic E-state index is -3.67. The zero-order valence-electron chi connectivity index (χ0n) is 17.2. The van der Waals surface area contributed by atoms with Crippen LogP contribution in [0, 0.1) is 5.82 Å². The summed E-state index contributed by atoms with van der Waals surface area (Å²) in [6, 6.07) is 17.5. The first kappa shape index (κ1) is 21.6. The van der Waals surface area contributed by atoms with Crippen molar-refractivity contribution in [1.82, 2.24) is 5.32 Å². The Morgan fingerprint density at radius 1 is 1.03 bits per heavy atom. The molecule has 1 aliphatic rings. The van der Waals surface area contributed by atoms with Crippen LogP contribution in [0.2, 0.25) is 0 Å². The molecular formula is C23H21FN2O5S. The number of rotatable bonds is 7. The van der Waals surface area contributed by atoms with Crippen LogP contribution in [0.3, 0.4) is 0 Å². The lowest BCUT2D eigenvalue weighted by Crippen LogP contribution is -2.30. The van der Waals surface area contributed by atoms with Crippen molar-refractivity contribution < 1.29 is 27.1 Å². The van der Waals surface area contributed by atoms with Crippen molar-refractivity contribution in [2.24, 2.45) is 0 Å². The van der Waals surface area contributed by atoms with Gasteiger partial charge in [0, 0.05) is 17.7 Å². The molecule has 0 aromatic heterocycles. The molecule has 0 atom stereocenters. The molecule has 4 rings (SSSR count). The van der Waals surface area contributed by atoms with Crippen LogP contribution < -0.4 is 19.1 Å². The first-order valence-corrected chi connectivity index (χ1v) is 11.6. The molecule has 1 amide bonds. The summed E-state index contributed by atoms with van der Waals surface area (Å²) in [5.74, 6) is 0.508. The maximum atomic E-state index is 14.0. The molecule has 9 heteroatoms. The molecule has 0 fully saturated rings. The Hall–Kier alpha value is -3.59. The molecule has 3 aromatic carbocycles. The van der Waals surface area contributed by atoms with Crippen LogP contribution in [0.4, 0.5) is 10.1 Å². The van der Waals surface area contributed by atoms with Gasteiger partial charge < -0.3 is 14.8 Å². The van der Waals surface area contributed by atoms with Gasteiger partial charge >= 0.3 is 0 Å². The Bertz CT molecular complexity index is 1250. The first-order chi connectivity index (χ1) is 15.3. The monoisotopic (exact) mass is 456 g/mol. The highest BCUT2D eigenvalue weighted by atomic mass is 32.2. The Balaban J connectivity index is 1.45. The van der Waals surface area contributed by atoms with Crippen molar-refractivity contribution in [1.29, 1.82) is 0 Å². The summed E-state index contributed by atoms with van der Waals surface area (Å²) in [4.78, 5) is 12.5. The third-order valence-electron chi connectivity index (χ3n) is 4.98. The molecule has 1 heterocycles. The van der Waals surface area contributed by atoms with Gasteiger partial charge in [-0.2, -0.15) is 0 Å². The number of hydrogen-bond donors (Lipinski definition) is 1. The van der Waals surface area contributed by atoms with Crippen molar-refractivity contribution in [2.45, 2.75) is 13.1 Å². The third-order valence-corrected chi connectivity index (χ3v) is 6.12. The quantitative estimate of drug-likeness (QED) is 0.589. The molecule has 0 radical (unpaired) electrons. The fraction of sp³-hybridized carbons (Fsp3) is 0.174. The van der Waals surface area contributed by atoms with E-state index in [0.717, 1.165) is 16.1 Å². The number of halogens is 1. The highest BCUT2D eigenvalue weighted by Crippen LogP contribution is 2.32. The van der Waals surface area contributed by atoms with E-state index < -0.39 is 15.8 Å². The number of hydrogen-bond acceptors (Lipinski definition) is 5.